The second kappa shape index (κ2) is 10.3. The quantitative estimate of drug-likeness (QED) is 0.529. The lowest BCUT2D eigenvalue weighted by Gasteiger charge is -2.62. The van der Waals surface area contributed by atoms with Gasteiger partial charge in [-0.2, -0.15) is 0 Å². The van der Waals surface area contributed by atoms with Gasteiger partial charge in [-0.05, 0) is 127 Å². The van der Waals surface area contributed by atoms with Crippen molar-refractivity contribution in [3.63, 3.8) is 0 Å². The summed E-state index contributed by atoms with van der Waals surface area (Å²) in [6.45, 7) is 4.47. The first-order valence-electron chi connectivity index (χ1n) is 15.2. The molecule has 4 fully saturated rings. The summed E-state index contributed by atoms with van der Waals surface area (Å²) in [6.07, 6.45) is 8.16. The standard InChI is InChI=1S/C31H46N4O4/c1-32(2)13-4-15-33-16-12-30-19-28(37)35(21-23-7-8-23)29(38)34(20-22-5-6-22)14-3-11-31(30,39)27(33)17-24-9-10-25(36)18-26(24)30/h9-10,18,22-23,27,36,39H,3-8,11-17,19-21H2,1-2H3/t27-,30-,31-/m1/s1. The molecule has 8 heteroatoms. The Morgan fingerprint density at radius 1 is 1.03 bits per heavy atom. The molecule has 2 aliphatic heterocycles. The van der Waals surface area contributed by atoms with E-state index in [4.69, 9.17) is 0 Å². The highest BCUT2D eigenvalue weighted by Crippen LogP contribution is 2.56. The number of piperidine rings is 1. The van der Waals surface area contributed by atoms with E-state index in [0.717, 1.165) is 62.9 Å². The van der Waals surface area contributed by atoms with Crippen LogP contribution in [0.15, 0.2) is 18.2 Å². The van der Waals surface area contributed by atoms with Crippen LogP contribution in [0, 0.1) is 11.8 Å². The average molecular weight is 539 g/mol. The first kappa shape index (κ1) is 27.0. The monoisotopic (exact) mass is 538 g/mol. The van der Waals surface area contributed by atoms with Gasteiger partial charge in [-0.1, -0.05) is 6.07 Å². The topological polar surface area (TPSA) is 87.6 Å². The molecule has 3 atom stereocenters. The van der Waals surface area contributed by atoms with Crippen LogP contribution in [0.5, 0.6) is 5.75 Å². The van der Waals surface area contributed by atoms with Crippen molar-refractivity contribution < 1.29 is 19.8 Å². The molecule has 8 nitrogen and oxygen atoms in total. The third-order valence-electron chi connectivity index (χ3n) is 10.3. The zero-order chi connectivity index (χ0) is 27.4. The van der Waals surface area contributed by atoms with Crippen molar-refractivity contribution in [2.24, 2.45) is 11.8 Å². The molecule has 2 saturated heterocycles. The van der Waals surface area contributed by atoms with Crippen LogP contribution >= 0.6 is 0 Å². The van der Waals surface area contributed by atoms with E-state index in [1.54, 1.807) is 12.1 Å². The average Bonchev–Trinajstić information content (AvgIpc) is 3.81. The number of rotatable bonds is 8. The number of imide groups is 1. The van der Waals surface area contributed by atoms with E-state index in [0.29, 0.717) is 57.2 Å². The smallest absolute Gasteiger partial charge is 0.326 e. The number of phenolic OH excluding ortho intramolecular Hbond substituents is 1. The highest BCUT2D eigenvalue weighted by molar-refractivity contribution is 5.95. The number of benzene rings is 1. The number of aliphatic hydroxyl groups is 1. The van der Waals surface area contributed by atoms with E-state index in [1.165, 1.54) is 4.90 Å². The third kappa shape index (κ3) is 5.08. The first-order valence-corrected chi connectivity index (χ1v) is 15.2. The fourth-order valence-electron chi connectivity index (χ4n) is 7.78. The van der Waals surface area contributed by atoms with E-state index in [-0.39, 0.29) is 30.2 Å². The molecular formula is C31H46N4O4. The molecule has 5 aliphatic rings. The third-order valence-corrected chi connectivity index (χ3v) is 10.3. The van der Waals surface area contributed by atoms with Gasteiger partial charge in [-0.25, -0.2) is 4.79 Å². The normalized spacial score (nSPS) is 31.8. The summed E-state index contributed by atoms with van der Waals surface area (Å²) in [5, 5.41) is 23.5. The highest BCUT2D eigenvalue weighted by atomic mass is 16.3. The number of hydrogen-bond donors (Lipinski definition) is 2. The fourth-order valence-corrected chi connectivity index (χ4v) is 7.78. The molecule has 1 aromatic carbocycles. The van der Waals surface area contributed by atoms with E-state index < -0.39 is 11.0 Å². The number of hydrogen-bond acceptors (Lipinski definition) is 6. The minimum absolute atomic E-state index is 0.0952. The van der Waals surface area contributed by atoms with E-state index in [2.05, 4.69) is 23.9 Å². The molecule has 1 aromatic rings. The van der Waals surface area contributed by atoms with Crippen molar-refractivity contribution >= 4 is 11.9 Å². The molecule has 3 amide bonds. The van der Waals surface area contributed by atoms with Crippen molar-refractivity contribution in [1.82, 2.24) is 19.6 Å². The first-order chi connectivity index (χ1) is 18.7. The maximum absolute atomic E-state index is 14.3. The van der Waals surface area contributed by atoms with Crippen LogP contribution in [0.25, 0.3) is 0 Å². The van der Waals surface area contributed by atoms with Crippen LogP contribution in [-0.4, -0.2) is 107 Å². The van der Waals surface area contributed by atoms with E-state index >= 15 is 0 Å². The zero-order valence-corrected chi connectivity index (χ0v) is 23.8. The van der Waals surface area contributed by atoms with Gasteiger partial charge in [0.15, 0.2) is 0 Å². The molecule has 0 radical (unpaired) electrons. The number of carbonyl (C=O) groups excluding carboxylic acids is 2. The summed E-state index contributed by atoms with van der Waals surface area (Å²) in [7, 11) is 4.18. The number of nitrogens with zero attached hydrogens (tertiary/aromatic N) is 4. The van der Waals surface area contributed by atoms with Gasteiger partial charge in [0.25, 0.3) is 0 Å². The lowest BCUT2D eigenvalue weighted by Crippen LogP contribution is -2.72. The van der Waals surface area contributed by atoms with Gasteiger partial charge in [0.05, 0.1) is 5.60 Å². The SMILES string of the molecule is CN(C)CCCN1CC[C@]23CC(=O)N(CC4CC4)C(=O)N(CC4CC4)CCC[C@@]2(O)[C@H]1Cc1ccc(O)cc13. The maximum Gasteiger partial charge on any atom is 0.326 e. The van der Waals surface area contributed by atoms with Crippen LogP contribution in [-0.2, 0) is 16.6 Å². The number of likely N-dealkylation sites (tertiary alicyclic amines) is 1. The minimum Gasteiger partial charge on any atom is -0.508 e. The molecule has 39 heavy (non-hydrogen) atoms. The van der Waals surface area contributed by atoms with Crippen molar-refractivity contribution in [3.8, 4) is 5.75 Å². The van der Waals surface area contributed by atoms with Crippen LogP contribution in [0.2, 0.25) is 0 Å². The van der Waals surface area contributed by atoms with Gasteiger partial charge in [-0.15, -0.1) is 0 Å². The highest BCUT2D eigenvalue weighted by Gasteiger charge is 2.63. The van der Waals surface area contributed by atoms with Gasteiger partial charge >= 0.3 is 6.03 Å². The number of phenols is 1. The summed E-state index contributed by atoms with van der Waals surface area (Å²) in [6, 6.07) is 5.28. The van der Waals surface area contributed by atoms with Gasteiger partial charge in [-0.3, -0.25) is 14.6 Å². The summed E-state index contributed by atoms with van der Waals surface area (Å²) >= 11 is 0. The minimum atomic E-state index is -1.11. The summed E-state index contributed by atoms with van der Waals surface area (Å²) in [5.74, 6) is 0.946. The summed E-state index contributed by atoms with van der Waals surface area (Å²) in [5.41, 5.74) is 0.0909. The number of amides is 3. The zero-order valence-electron chi connectivity index (χ0n) is 23.8. The molecule has 2 saturated carbocycles. The molecule has 2 N–H and O–H groups in total. The molecule has 214 valence electrons. The molecule has 0 spiro atoms. The van der Waals surface area contributed by atoms with Gasteiger partial charge < -0.3 is 20.0 Å². The molecule has 0 aromatic heterocycles. The Morgan fingerprint density at radius 3 is 2.49 bits per heavy atom. The largest absolute Gasteiger partial charge is 0.508 e. The van der Waals surface area contributed by atoms with Crippen molar-refractivity contribution in [2.45, 2.75) is 81.3 Å². The Morgan fingerprint density at radius 2 is 1.77 bits per heavy atom. The summed E-state index contributed by atoms with van der Waals surface area (Å²) < 4.78 is 0. The Labute approximate surface area is 232 Å². The van der Waals surface area contributed by atoms with Gasteiger partial charge in [0.1, 0.15) is 5.75 Å². The van der Waals surface area contributed by atoms with Crippen LogP contribution in [0.4, 0.5) is 4.79 Å². The van der Waals surface area contributed by atoms with Crippen LogP contribution in [0.1, 0.15) is 68.9 Å². The molecule has 3 aliphatic carbocycles. The fraction of sp³-hybridized carbons (Fsp3) is 0.742. The predicted molar refractivity (Wildman–Crippen MR) is 150 cm³/mol. The molecule has 0 unspecified atom stereocenters. The van der Waals surface area contributed by atoms with Crippen molar-refractivity contribution in [1.29, 1.82) is 0 Å². The lowest BCUT2D eigenvalue weighted by molar-refractivity contribution is -0.165. The van der Waals surface area contributed by atoms with Crippen LogP contribution in [0.3, 0.4) is 0 Å². The summed E-state index contributed by atoms with van der Waals surface area (Å²) in [4.78, 5) is 36.2. The lowest BCUT2D eigenvalue weighted by atomic mass is 9.52. The molecule has 6 rings (SSSR count). The number of carbonyl (C=O) groups is 2. The number of urea groups is 1. The van der Waals surface area contributed by atoms with Gasteiger partial charge in [0, 0.05) is 37.5 Å². The second-order valence-electron chi connectivity index (χ2n) is 13.4. The Hall–Kier alpha value is -2.16. The molecule has 2 heterocycles. The van der Waals surface area contributed by atoms with E-state index in [1.807, 2.05) is 11.0 Å². The molecule has 2 bridgehead atoms. The predicted octanol–water partition coefficient (Wildman–Crippen LogP) is 3.20. The van der Waals surface area contributed by atoms with E-state index in [9.17, 15) is 19.8 Å². The number of fused-ring (bicyclic) bond motifs is 1. The Kier molecular flexibility index (Phi) is 7.17. The van der Waals surface area contributed by atoms with Crippen molar-refractivity contribution in [3.05, 3.63) is 29.3 Å². The van der Waals surface area contributed by atoms with Gasteiger partial charge in [0.2, 0.25) is 5.91 Å². The molecular weight excluding hydrogens is 492 g/mol. The van der Waals surface area contributed by atoms with Crippen molar-refractivity contribution in [2.75, 3.05) is 53.4 Å². The number of aromatic hydroxyl groups is 1. The second-order valence-corrected chi connectivity index (χ2v) is 13.4. The van der Waals surface area contributed by atoms with Crippen LogP contribution < -0.4 is 0 Å². The maximum atomic E-state index is 14.3. The Balaban J connectivity index is 1.39. The Bertz CT molecular complexity index is 1100.